The number of hydrogen-bond acceptors (Lipinski definition) is 6. The molecule has 0 atom stereocenters. The molecule has 10 heteroatoms. The molecule has 0 aromatic heterocycles. The summed E-state index contributed by atoms with van der Waals surface area (Å²) in [6.45, 7) is 1.72. The van der Waals surface area contributed by atoms with Gasteiger partial charge in [-0.2, -0.15) is 0 Å². The molecule has 0 saturated carbocycles. The molecule has 2 amide bonds. The summed E-state index contributed by atoms with van der Waals surface area (Å²) < 4.78 is 9.90. The molecule has 0 fully saturated rings. The van der Waals surface area contributed by atoms with E-state index in [0.29, 0.717) is 28.6 Å². The number of halogens is 2. The second-order valence-electron chi connectivity index (χ2n) is 6.59. The predicted molar refractivity (Wildman–Crippen MR) is 121 cm³/mol. The molecule has 32 heavy (non-hydrogen) atoms. The van der Waals surface area contributed by atoms with E-state index in [1.54, 1.807) is 12.1 Å². The number of esters is 2. The van der Waals surface area contributed by atoms with Crippen LogP contribution in [0.25, 0.3) is 0 Å². The minimum absolute atomic E-state index is 0.144. The van der Waals surface area contributed by atoms with Gasteiger partial charge in [0, 0.05) is 17.1 Å². The van der Waals surface area contributed by atoms with Crippen molar-refractivity contribution >= 4 is 58.3 Å². The zero-order chi connectivity index (χ0) is 23.5. The van der Waals surface area contributed by atoms with Crippen molar-refractivity contribution in [2.24, 2.45) is 0 Å². The average Bonchev–Trinajstić information content (AvgIpc) is 2.77. The first-order valence-electron chi connectivity index (χ1n) is 9.76. The van der Waals surface area contributed by atoms with Gasteiger partial charge in [-0.05, 0) is 48.9 Å². The molecule has 0 radical (unpaired) electrons. The number of benzene rings is 2. The highest BCUT2D eigenvalue weighted by atomic mass is 35.5. The molecule has 2 N–H and O–H groups in total. The van der Waals surface area contributed by atoms with Gasteiger partial charge in [0.1, 0.15) is 0 Å². The Balaban J connectivity index is 1.70. The molecule has 170 valence electrons. The third-order valence-corrected chi connectivity index (χ3v) is 4.52. The maximum Gasteiger partial charge on any atom is 0.338 e. The molecule has 8 nitrogen and oxygen atoms in total. The zero-order valence-electron chi connectivity index (χ0n) is 17.3. The van der Waals surface area contributed by atoms with Gasteiger partial charge in [0.05, 0.1) is 29.3 Å². The fourth-order valence-electron chi connectivity index (χ4n) is 2.40. The summed E-state index contributed by atoms with van der Waals surface area (Å²) in [6, 6.07) is 10.7. The zero-order valence-corrected chi connectivity index (χ0v) is 18.8. The van der Waals surface area contributed by atoms with E-state index in [0.717, 1.165) is 6.42 Å². The van der Waals surface area contributed by atoms with Crippen LogP contribution in [0.3, 0.4) is 0 Å². The highest BCUT2D eigenvalue weighted by Gasteiger charge is 2.13. The van der Waals surface area contributed by atoms with Crippen molar-refractivity contribution < 1.29 is 28.7 Å². The van der Waals surface area contributed by atoms with Crippen LogP contribution in [0, 0.1) is 0 Å². The third-order valence-electron chi connectivity index (χ3n) is 3.97. The second kappa shape index (κ2) is 12.7. The summed E-state index contributed by atoms with van der Waals surface area (Å²) in [5.41, 5.74) is 1.16. The smallest absolute Gasteiger partial charge is 0.338 e. The van der Waals surface area contributed by atoms with Crippen LogP contribution in [0.2, 0.25) is 10.0 Å². The summed E-state index contributed by atoms with van der Waals surface area (Å²) in [5, 5.41) is 5.81. The van der Waals surface area contributed by atoms with Crippen LogP contribution in [-0.2, 0) is 23.9 Å². The van der Waals surface area contributed by atoms with Crippen molar-refractivity contribution in [3.05, 3.63) is 58.1 Å². The van der Waals surface area contributed by atoms with Crippen LogP contribution in [0.5, 0.6) is 0 Å². The fourth-order valence-corrected chi connectivity index (χ4v) is 2.86. The van der Waals surface area contributed by atoms with Crippen molar-refractivity contribution in [2.75, 3.05) is 23.8 Å². The van der Waals surface area contributed by atoms with Gasteiger partial charge < -0.3 is 20.1 Å². The lowest BCUT2D eigenvalue weighted by molar-refractivity contribution is -0.147. The Hall–Kier alpha value is -3.10. The minimum Gasteiger partial charge on any atom is -0.462 e. The standard InChI is InChI=1S/C22H22Cl2N2O6/c1-2-11-31-22(30)14-3-6-16(7-4-14)25-20(28)13-32-21(29)10-9-19(27)26-18-8-5-15(23)12-17(18)24/h3-8,12H,2,9-11,13H2,1H3,(H,25,28)(H,26,27). The third kappa shape index (κ3) is 8.56. The Morgan fingerprint density at radius 3 is 2.25 bits per heavy atom. The molecule has 0 unspecified atom stereocenters. The van der Waals surface area contributed by atoms with Gasteiger partial charge in [-0.25, -0.2) is 4.79 Å². The molecule has 0 heterocycles. The molecule has 0 spiro atoms. The van der Waals surface area contributed by atoms with E-state index in [1.165, 1.54) is 30.3 Å². The Morgan fingerprint density at radius 2 is 1.59 bits per heavy atom. The molecule has 0 aliphatic heterocycles. The van der Waals surface area contributed by atoms with Gasteiger partial charge in [0.2, 0.25) is 5.91 Å². The van der Waals surface area contributed by atoms with Crippen LogP contribution < -0.4 is 10.6 Å². The van der Waals surface area contributed by atoms with Crippen molar-refractivity contribution in [3.63, 3.8) is 0 Å². The van der Waals surface area contributed by atoms with Crippen molar-refractivity contribution in [1.82, 2.24) is 0 Å². The quantitative estimate of drug-likeness (QED) is 0.485. The van der Waals surface area contributed by atoms with E-state index in [1.807, 2.05) is 6.92 Å². The number of nitrogens with one attached hydrogen (secondary N) is 2. The summed E-state index contributed by atoms with van der Waals surface area (Å²) >= 11 is 11.8. The Morgan fingerprint density at radius 1 is 0.875 bits per heavy atom. The molecule has 0 saturated heterocycles. The normalized spacial score (nSPS) is 10.2. The SMILES string of the molecule is CCCOC(=O)c1ccc(NC(=O)COC(=O)CCC(=O)Nc2ccc(Cl)cc2Cl)cc1. The summed E-state index contributed by atoms with van der Waals surface area (Å²) in [4.78, 5) is 47.4. The van der Waals surface area contributed by atoms with Crippen molar-refractivity contribution in [1.29, 1.82) is 0 Å². The Bertz CT molecular complexity index is 979. The molecular weight excluding hydrogens is 459 g/mol. The first-order valence-corrected chi connectivity index (χ1v) is 10.5. The summed E-state index contributed by atoms with van der Waals surface area (Å²) in [5.74, 6) is -2.14. The van der Waals surface area contributed by atoms with Crippen LogP contribution >= 0.6 is 23.2 Å². The minimum atomic E-state index is -0.702. The lowest BCUT2D eigenvalue weighted by atomic mass is 10.2. The maximum atomic E-state index is 11.9. The molecule has 0 aliphatic carbocycles. The van der Waals surface area contributed by atoms with Crippen molar-refractivity contribution in [2.45, 2.75) is 26.2 Å². The Kier molecular flexibility index (Phi) is 9.97. The lowest BCUT2D eigenvalue weighted by Gasteiger charge is -2.09. The molecular formula is C22H22Cl2N2O6. The average molecular weight is 481 g/mol. The van der Waals surface area contributed by atoms with Crippen molar-refractivity contribution in [3.8, 4) is 0 Å². The monoisotopic (exact) mass is 480 g/mol. The number of anilines is 2. The lowest BCUT2D eigenvalue weighted by Crippen LogP contribution is -2.21. The second-order valence-corrected chi connectivity index (χ2v) is 7.44. The first-order chi connectivity index (χ1) is 15.3. The molecule has 2 rings (SSSR count). The van der Waals surface area contributed by atoms with E-state index in [4.69, 9.17) is 32.7 Å². The molecule has 0 bridgehead atoms. The highest BCUT2D eigenvalue weighted by Crippen LogP contribution is 2.25. The largest absolute Gasteiger partial charge is 0.462 e. The number of amides is 2. The molecule has 2 aromatic rings. The van der Waals surface area contributed by atoms with Gasteiger partial charge in [-0.1, -0.05) is 30.1 Å². The van der Waals surface area contributed by atoms with E-state index in [2.05, 4.69) is 10.6 Å². The van der Waals surface area contributed by atoms with E-state index in [9.17, 15) is 19.2 Å². The maximum absolute atomic E-state index is 11.9. The van der Waals surface area contributed by atoms with Gasteiger partial charge in [0.15, 0.2) is 6.61 Å². The number of rotatable bonds is 10. The first kappa shape index (κ1) is 25.2. The van der Waals surface area contributed by atoms with Crippen LogP contribution in [-0.4, -0.2) is 37.0 Å². The van der Waals surface area contributed by atoms with E-state index in [-0.39, 0.29) is 17.9 Å². The van der Waals surface area contributed by atoms with Gasteiger partial charge >= 0.3 is 11.9 Å². The summed E-state index contributed by atoms with van der Waals surface area (Å²) in [7, 11) is 0. The van der Waals surface area contributed by atoms with Gasteiger partial charge in [-0.3, -0.25) is 14.4 Å². The van der Waals surface area contributed by atoms with Crippen LogP contribution in [0.1, 0.15) is 36.5 Å². The number of hydrogen-bond donors (Lipinski definition) is 2. The number of carbonyl (C=O) groups is 4. The van der Waals surface area contributed by atoms with E-state index >= 15 is 0 Å². The van der Waals surface area contributed by atoms with Crippen LogP contribution in [0.4, 0.5) is 11.4 Å². The summed E-state index contributed by atoms with van der Waals surface area (Å²) in [6.07, 6.45) is 0.369. The molecule has 0 aliphatic rings. The van der Waals surface area contributed by atoms with E-state index < -0.39 is 30.4 Å². The van der Waals surface area contributed by atoms with Crippen LogP contribution in [0.15, 0.2) is 42.5 Å². The Labute approximate surface area is 195 Å². The predicted octanol–water partition coefficient (Wildman–Crippen LogP) is 4.46. The fraction of sp³-hybridized carbons (Fsp3) is 0.273. The number of ether oxygens (including phenoxy) is 2. The number of carbonyl (C=O) groups excluding carboxylic acids is 4. The highest BCUT2D eigenvalue weighted by molar-refractivity contribution is 6.36. The molecule has 2 aromatic carbocycles. The van der Waals surface area contributed by atoms with Gasteiger partial charge in [0.25, 0.3) is 5.91 Å². The van der Waals surface area contributed by atoms with Gasteiger partial charge in [-0.15, -0.1) is 0 Å². The topological polar surface area (TPSA) is 111 Å².